The van der Waals surface area contributed by atoms with Crippen LogP contribution in [-0.2, 0) is 9.59 Å². The molecule has 0 fully saturated rings. The third-order valence-corrected chi connectivity index (χ3v) is 1.96. The lowest BCUT2D eigenvalue weighted by molar-refractivity contribution is -0.122. The summed E-state index contributed by atoms with van der Waals surface area (Å²) in [6.45, 7) is 1.31. The van der Waals surface area contributed by atoms with Crippen molar-refractivity contribution in [1.29, 1.82) is 0 Å². The fourth-order valence-electron chi connectivity index (χ4n) is 0.793. The lowest BCUT2D eigenvalue weighted by atomic mass is 10.2. The van der Waals surface area contributed by atoms with Crippen LogP contribution in [0.4, 0.5) is 0 Å². The van der Waals surface area contributed by atoms with Crippen LogP contribution in [-0.4, -0.2) is 49.1 Å². The number of nitrogens with two attached hydrogens (primary N) is 1. The van der Waals surface area contributed by atoms with E-state index in [0.717, 1.165) is 0 Å². The Morgan fingerprint density at radius 2 is 2.07 bits per heavy atom. The predicted octanol–water partition coefficient (Wildman–Crippen LogP) is -2.40. The molecule has 14 heavy (non-hydrogen) atoms. The van der Waals surface area contributed by atoms with E-state index in [0.29, 0.717) is 0 Å². The molecule has 0 saturated carbocycles. The number of hydrogen-bond donors (Lipinski definition) is 4. The second kappa shape index (κ2) is 6.47. The second-order valence-corrected chi connectivity index (χ2v) is 3.00. The summed E-state index contributed by atoms with van der Waals surface area (Å²) in [6.07, 6.45) is 0. The van der Waals surface area contributed by atoms with E-state index < -0.39 is 18.6 Å². The maximum absolute atomic E-state index is 11.3. The molecule has 2 atom stereocenters. The maximum atomic E-state index is 11.3. The molecule has 0 aliphatic carbocycles. The first-order valence-electron chi connectivity index (χ1n) is 4.36. The number of rotatable bonds is 7. The molecule has 0 aromatic rings. The van der Waals surface area contributed by atoms with Crippen LogP contribution < -0.4 is 16.4 Å². The Balaban J connectivity index is 3.91. The van der Waals surface area contributed by atoms with E-state index >= 15 is 0 Å². The molecule has 0 rings (SSSR count). The zero-order valence-electron chi connectivity index (χ0n) is 8.41. The van der Waals surface area contributed by atoms with Crippen LogP contribution in [0.1, 0.15) is 6.92 Å². The number of carbonyl (C=O) groups excluding carboxylic acids is 2. The standard InChI is InChI=1S/C8H17N3O3/c1-5(10-2)7(13)3-11-6(4-12)8(9)14/h5-6,10-12H,3-4H2,1-2H3,(H2,9,14)/t5-,6+/m1/s1. The summed E-state index contributed by atoms with van der Waals surface area (Å²) in [4.78, 5) is 21.9. The Labute approximate surface area is 82.9 Å². The van der Waals surface area contributed by atoms with Crippen LogP contribution in [0.3, 0.4) is 0 Å². The quantitative estimate of drug-likeness (QED) is 0.369. The van der Waals surface area contributed by atoms with E-state index in [1.165, 1.54) is 0 Å². The maximum Gasteiger partial charge on any atom is 0.236 e. The van der Waals surface area contributed by atoms with E-state index in [-0.39, 0.29) is 18.4 Å². The number of carbonyl (C=O) groups is 2. The third kappa shape index (κ3) is 4.31. The number of aliphatic hydroxyl groups is 1. The second-order valence-electron chi connectivity index (χ2n) is 3.00. The molecule has 0 radical (unpaired) electrons. The molecular formula is C8H17N3O3. The summed E-state index contributed by atoms with van der Waals surface area (Å²) in [5.41, 5.74) is 4.95. The van der Waals surface area contributed by atoms with Gasteiger partial charge in [0.2, 0.25) is 5.91 Å². The Kier molecular flexibility index (Phi) is 6.02. The smallest absolute Gasteiger partial charge is 0.236 e. The molecule has 0 saturated heterocycles. The Morgan fingerprint density at radius 1 is 1.50 bits per heavy atom. The van der Waals surface area contributed by atoms with Crippen LogP contribution in [0.5, 0.6) is 0 Å². The number of Topliss-reactive ketones (excluding diaryl/α,β-unsaturated/α-hetero) is 1. The van der Waals surface area contributed by atoms with E-state index in [9.17, 15) is 9.59 Å². The zero-order chi connectivity index (χ0) is 11.1. The highest BCUT2D eigenvalue weighted by Gasteiger charge is 2.16. The molecule has 6 nitrogen and oxygen atoms in total. The van der Waals surface area contributed by atoms with Crippen molar-refractivity contribution in [3.63, 3.8) is 0 Å². The molecule has 1 amide bonds. The molecule has 0 unspecified atom stereocenters. The molecule has 0 aromatic carbocycles. The molecule has 0 aliphatic rings. The number of likely N-dealkylation sites (N-methyl/N-ethyl adjacent to an activating group) is 1. The van der Waals surface area contributed by atoms with Crippen molar-refractivity contribution in [3.05, 3.63) is 0 Å². The highest BCUT2D eigenvalue weighted by molar-refractivity contribution is 5.86. The molecule has 5 N–H and O–H groups in total. The van der Waals surface area contributed by atoms with Gasteiger partial charge in [-0.3, -0.25) is 14.9 Å². The number of nitrogens with one attached hydrogen (secondary N) is 2. The average molecular weight is 203 g/mol. The first-order chi connectivity index (χ1) is 6.52. The average Bonchev–Trinajstić information content (AvgIpc) is 2.16. The number of aliphatic hydroxyl groups excluding tert-OH is 1. The first-order valence-corrected chi connectivity index (χ1v) is 4.36. The molecule has 0 aromatic heterocycles. The minimum Gasteiger partial charge on any atom is -0.394 e. The van der Waals surface area contributed by atoms with E-state index in [1.54, 1.807) is 14.0 Å². The van der Waals surface area contributed by atoms with Crippen LogP contribution in [0.25, 0.3) is 0 Å². The molecule has 82 valence electrons. The highest BCUT2D eigenvalue weighted by Crippen LogP contribution is 1.84. The van der Waals surface area contributed by atoms with Gasteiger partial charge in [0.25, 0.3) is 0 Å². The zero-order valence-corrected chi connectivity index (χ0v) is 8.41. The van der Waals surface area contributed by atoms with Gasteiger partial charge in [-0.25, -0.2) is 0 Å². The summed E-state index contributed by atoms with van der Waals surface area (Å²) in [5.74, 6) is -0.760. The fraction of sp³-hybridized carbons (Fsp3) is 0.750. The van der Waals surface area contributed by atoms with E-state index in [2.05, 4.69) is 10.6 Å². The van der Waals surface area contributed by atoms with Gasteiger partial charge in [-0.15, -0.1) is 0 Å². The van der Waals surface area contributed by atoms with Crippen LogP contribution in [0.15, 0.2) is 0 Å². The van der Waals surface area contributed by atoms with Gasteiger partial charge in [0.05, 0.1) is 19.2 Å². The van der Waals surface area contributed by atoms with Crippen molar-refractivity contribution in [3.8, 4) is 0 Å². The van der Waals surface area contributed by atoms with Crippen molar-refractivity contribution >= 4 is 11.7 Å². The summed E-state index contributed by atoms with van der Waals surface area (Å²) >= 11 is 0. The normalized spacial score (nSPS) is 14.8. The van der Waals surface area contributed by atoms with Crippen molar-refractivity contribution in [2.45, 2.75) is 19.0 Å². The van der Waals surface area contributed by atoms with Gasteiger partial charge >= 0.3 is 0 Å². The van der Waals surface area contributed by atoms with Crippen molar-refractivity contribution in [2.24, 2.45) is 5.73 Å². The van der Waals surface area contributed by atoms with Crippen LogP contribution in [0.2, 0.25) is 0 Å². The molecule has 0 bridgehead atoms. The van der Waals surface area contributed by atoms with Gasteiger partial charge in [-0.1, -0.05) is 0 Å². The predicted molar refractivity (Wildman–Crippen MR) is 51.6 cm³/mol. The van der Waals surface area contributed by atoms with Gasteiger partial charge in [0, 0.05) is 0 Å². The minimum absolute atomic E-state index is 0.0101. The monoisotopic (exact) mass is 203 g/mol. The van der Waals surface area contributed by atoms with Crippen LogP contribution in [0, 0.1) is 0 Å². The number of amides is 1. The Morgan fingerprint density at radius 3 is 2.43 bits per heavy atom. The molecule has 0 heterocycles. The third-order valence-electron chi connectivity index (χ3n) is 1.96. The summed E-state index contributed by atoms with van der Waals surface area (Å²) < 4.78 is 0. The summed E-state index contributed by atoms with van der Waals surface area (Å²) in [5, 5.41) is 14.1. The first kappa shape index (κ1) is 13.0. The topological polar surface area (TPSA) is 104 Å². The summed E-state index contributed by atoms with van der Waals surface area (Å²) in [6, 6.07) is -1.14. The van der Waals surface area contributed by atoms with Crippen molar-refractivity contribution in [2.75, 3.05) is 20.2 Å². The van der Waals surface area contributed by atoms with Crippen molar-refractivity contribution < 1.29 is 14.7 Å². The molecule has 0 spiro atoms. The van der Waals surface area contributed by atoms with E-state index in [1.807, 2.05) is 0 Å². The lowest BCUT2D eigenvalue weighted by Crippen LogP contribution is -2.48. The highest BCUT2D eigenvalue weighted by atomic mass is 16.3. The SMILES string of the molecule is CN[C@H](C)C(=O)CN[C@@H](CO)C(N)=O. The van der Waals surface area contributed by atoms with E-state index in [4.69, 9.17) is 10.8 Å². The lowest BCUT2D eigenvalue weighted by Gasteiger charge is -2.14. The number of primary amides is 1. The summed E-state index contributed by atoms with van der Waals surface area (Å²) in [7, 11) is 1.67. The van der Waals surface area contributed by atoms with Gasteiger partial charge in [0.15, 0.2) is 5.78 Å². The van der Waals surface area contributed by atoms with Gasteiger partial charge in [-0.2, -0.15) is 0 Å². The molecular weight excluding hydrogens is 186 g/mol. The van der Waals surface area contributed by atoms with Crippen molar-refractivity contribution in [1.82, 2.24) is 10.6 Å². The van der Waals surface area contributed by atoms with Gasteiger partial charge in [0.1, 0.15) is 6.04 Å². The fourth-order valence-corrected chi connectivity index (χ4v) is 0.793. The minimum atomic E-state index is -0.858. The Bertz CT molecular complexity index is 208. The number of hydrogen-bond acceptors (Lipinski definition) is 5. The van der Waals surface area contributed by atoms with Gasteiger partial charge in [-0.05, 0) is 14.0 Å². The Hall–Kier alpha value is -0.980. The number of ketones is 1. The largest absolute Gasteiger partial charge is 0.394 e. The van der Waals surface area contributed by atoms with Gasteiger partial charge < -0.3 is 16.2 Å². The molecule has 0 aliphatic heterocycles. The molecule has 6 heteroatoms. The van der Waals surface area contributed by atoms with Crippen LogP contribution >= 0.6 is 0 Å².